The summed E-state index contributed by atoms with van der Waals surface area (Å²) < 4.78 is 10.8. The van der Waals surface area contributed by atoms with Crippen LogP contribution in [0.25, 0.3) is 0 Å². The van der Waals surface area contributed by atoms with Crippen molar-refractivity contribution in [1.29, 1.82) is 0 Å². The molecule has 0 fully saturated rings. The van der Waals surface area contributed by atoms with Crippen LogP contribution in [-0.2, 0) is 9.53 Å². The van der Waals surface area contributed by atoms with Crippen molar-refractivity contribution in [3.8, 4) is 5.75 Å². The number of rotatable bonds is 7. The van der Waals surface area contributed by atoms with Crippen LogP contribution in [0.2, 0.25) is 0 Å². The Balaban J connectivity index is 1.94. The maximum absolute atomic E-state index is 12.9. The minimum absolute atomic E-state index is 0.0472. The second kappa shape index (κ2) is 8.86. The molecule has 152 valence electrons. The highest BCUT2D eigenvalue weighted by molar-refractivity contribution is 5.96. The molecule has 1 aliphatic rings. The lowest BCUT2D eigenvalue weighted by Crippen LogP contribution is -2.47. The predicted octanol–water partition coefficient (Wildman–Crippen LogP) is 3.71. The van der Waals surface area contributed by atoms with E-state index in [-0.39, 0.29) is 25.2 Å². The van der Waals surface area contributed by atoms with Crippen LogP contribution >= 0.6 is 0 Å². The van der Waals surface area contributed by atoms with Gasteiger partial charge in [0, 0.05) is 22.5 Å². The first kappa shape index (κ1) is 20.5. The number of benzene rings is 2. The molecule has 3 rings (SSSR count). The van der Waals surface area contributed by atoms with Gasteiger partial charge in [0.15, 0.2) is 11.9 Å². The molecule has 7 heteroatoms. The van der Waals surface area contributed by atoms with E-state index in [1.54, 1.807) is 43.3 Å². The average Bonchev–Trinajstić information content (AvgIpc) is 2.68. The number of nitrogens with zero attached hydrogens (tertiary/aromatic N) is 1. The highest BCUT2D eigenvalue weighted by Crippen LogP contribution is 2.41. The molecule has 0 spiro atoms. The summed E-state index contributed by atoms with van der Waals surface area (Å²) in [5.74, 6) is -0.995. The van der Waals surface area contributed by atoms with Gasteiger partial charge in [-0.05, 0) is 19.9 Å². The van der Waals surface area contributed by atoms with Gasteiger partial charge in [-0.25, -0.2) is 0 Å². The molecule has 0 unspecified atom stereocenters. The van der Waals surface area contributed by atoms with Crippen LogP contribution in [0.15, 0.2) is 48.5 Å². The Bertz CT molecular complexity index is 908. The Hall–Kier alpha value is -3.22. The summed E-state index contributed by atoms with van der Waals surface area (Å²) in [6.45, 7) is 3.77. The first-order chi connectivity index (χ1) is 13.9. The summed E-state index contributed by atoms with van der Waals surface area (Å²) in [7, 11) is 0. The monoisotopic (exact) mass is 397 g/mol. The number of fused-ring (bicyclic) bond motifs is 1. The number of esters is 1. The molecule has 0 bridgehead atoms. The summed E-state index contributed by atoms with van der Waals surface area (Å²) in [6.07, 6.45) is -1.30. The van der Waals surface area contributed by atoms with Gasteiger partial charge in [0.25, 0.3) is 6.04 Å². The number of hydrogen-bond donors (Lipinski definition) is 0. The maximum atomic E-state index is 12.9. The molecule has 0 N–H and O–H groups in total. The van der Waals surface area contributed by atoms with Crippen LogP contribution in [0.1, 0.15) is 47.2 Å². The molecular weight excluding hydrogens is 374 g/mol. The molecule has 29 heavy (non-hydrogen) atoms. The number of hydrogen-bond acceptors (Lipinski definition) is 6. The zero-order chi connectivity index (χ0) is 21.0. The van der Waals surface area contributed by atoms with Gasteiger partial charge in [-0.1, -0.05) is 48.0 Å². The van der Waals surface area contributed by atoms with Gasteiger partial charge >= 0.3 is 5.97 Å². The van der Waals surface area contributed by atoms with Crippen molar-refractivity contribution in [2.24, 2.45) is 0 Å². The molecule has 1 heterocycles. The SMILES string of the molecule is CCOC(=O)C[C@@H]1Oc2ccccc2[C@@H](CC(=O)c2ccc(C)cc2)[C@@H]1[N+](=O)[O-]. The van der Waals surface area contributed by atoms with E-state index in [1.165, 1.54) is 0 Å². The third kappa shape index (κ3) is 4.62. The number of para-hydroxylation sites is 1. The van der Waals surface area contributed by atoms with Crippen LogP contribution in [0.3, 0.4) is 0 Å². The van der Waals surface area contributed by atoms with Gasteiger partial charge in [0.2, 0.25) is 0 Å². The van der Waals surface area contributed by atoms with E-state index >= 15 is 0 Å². The van der Waals surface area contributed by atoms with Gasteiger partial charge in [-0.3, -0.25) is 19.7 Å². The quantitative estimate of drug-likeness (QED) is 0.306. The van der Waals surface area contributed by atoms with E-state index in [0.717, 1.165) is 5.56 Å². The van der Waals surface area contributed by atoms with Crippen LogP contribution in [0, 0.1) is 17.0 Å². The number of ketones is 1. The minimum Gasteiger partial charge on any atom is -0.482 e. The first-order valence-corrected chi connectivity index (χ1v) is 9.55. The Kier molecular flexibility index (Phi) is 6.26. The zero-order valence-corrected chi connectivity index (χ0v) is 16.4. The second-order valence-corrected chi connectivity index (χ2v) is 7.08. The van der Waals surface area contributed by atoms with E-state index in [0.29, 0.717) is 16.9 Å². The van der Waals surface area contributed by atoms with Crippen LogP contribution in [0.4, 0.5) is 0 Å². The van der Waals surface area contributed by atoms with Crippen LogP contribution in [-0.4, -0.2) is 35.4 Å². The highest BCUT2D eigenvalue weighted by atomic mass is 16.6. The molecule has 2 aromatic rings. The lowest BCUT2D eigenvalue weighted by Gasteiger charge is -2.34. The van der Waals surface area contributed by atoms with E-state index < -0.39 is 29.0 Å². The average molecular weight is 397 g/mol. The molecule has 1 aliphatic heterocycles. The summed E-state index contributed by atoms with van der Waals surface area (Å²) in [6, 6.07) is 12.8. The number of ether oxygens (including phenoxy) is 2. The fourth-order valence-electron chi connectivity index (χ4n) is 3.69. The second-order valence-electron chi connectivity index (χ2n) is 7.08. The third-order valence-corrected chi connectivity index (χ3v) is 5.09. The normalized spacial score (nSPS) is 20.3. The Morgan fingerprint density at radius 1 is 1.10 bits per heavy atom. The van der Waals surface area contributed by atoms with Gasteiger partial charge in [0.1, 0.15) is 5.75 Å². The van der Waals surface area contributed by atoms with E-state index in [4.69, 9.17) is 9.47 Å². The molecule has 7 nitrogen and oxygen atoms in total. The van der Waals surface area contributed by atoms with E-state index in [2.05, 4.69) is 0 Å². The number of carbonyl (C=O) groups excluding carboxylic acids is 2. The van der Waals surface area contributed by atoms with E-state index in [1.807, 2.05) is 19.1 Å². The lowest BCUT2D eigenvalue weighted by molar-refractivity contribution is -0.538. The number of nitro groups is 1. The summed E-state index contributed by atoms with van der Waals surface area (Å²) >= 11 is 0. The third-order valence-electron chi connectivity index (χ3n) is 5.09. The smallest absolute Gasteiger partial charge is 0.309 e. The Morgan fingerprint density at radius 3 is 2.45 bits per heavy atom. The van der Waals surface area contributed by atoms with Crippen molar-refractivity contribution in [1.82, 2.24) is 0 Å². The van der Waals surface area contributed by atoms with Gasteiger partial charge in [-0.15, -0.1) is 0 Å². The summed E-state index contributed by atoms with van der Waals surface area (Å²) in [4.78, 5) is 36.4. The molecule has 3 atom stereocenters. The largest absolute Gasteiger partial charge is 0.482 e. The lowest BCUT2D eigenvalue weighted by atomic mass is 9.80. The van der Waals surface area contributed by atoms with Crippen molar-refractivity contribution in [2.75, 3.05) is 6.61 Å². The molecule has 0 amide bonds. The molecule has 0 aliphatic carbocycles. The van der Waals surface area contributed by atoms with Crippen LogP contribution in [0.5, 0.6) is 5.75 Å². The maximum Gasteiger partial charge on any atom is 0.309 e. The van der Waals surface area contributed by atoms with Crippen molar-refractivity contribution < 1.29 is 24.0 Å². The molecule has 0 radical (unpaired) electrons. The number of aryl methyl sites for hydroxylation is 1. The minimum atomic E-state index is -1.23. The molecule has 0 saturated carbocycles. The zero-order valence-electron chi connectivity index (χ0n) is 16.4. The van der Waals surface area contributed by atoms with E-state index in [9.17, 15) is 19.7 Å². The van der Waals surface area contributed by atoms with Crippen molar-refractivity contribution in [3.05, 3.63) is 75.3 Å². The first-order valence-electron chi connectivity index (χ1n) is 9.55. The molecule has 0 aromatic heterocycles. The Morgan fingerprint density at radius 2 is 1.79 bits per heavy atom. The predicted molar refractivity (Wildman–Crippen MR) is 106 cm³/mol. The topological polar surface area (TPSA) is 95.7 Å². The van der Waals surface area contributed by atoms with Crippen molar-refractivity contribution in [2.45, 2.75) is 44.8 Å². The molecule has 0 saturated heterocycles. The standard InChI is InChI=1S/C22H23NO6/c1-3-28-21(25)13-20-22(23(26)27)17(16-6-4-5-7-19(16)29-20)12-18(24)15-10-8-14(2)9-11-15/h4-11,17,20,22H,3,12-13H2,1-2H3/t17-,20+,22+/m1/s1. The number of carbonyl (C=O) groups is 2. The number of Topliss-reactive ketones (excluding diaryl/α,β-unsaturated/α-hetero) is 1. The fraction of sp³-hybridized carbons (Fsp3) is 0.364. The highest BCUT2D eigenvalue weighted by Gasteiger charge is 2.48. The van der Waals surface area contributed by atoms with Gasteiger partial charge in [-0.2, -0.15) is 0 Å². The summed E-state index contributed by atoms with van der Waals surface area (Å²) in [5.41, 5.74) is 2.13. The molecular formula is C22H23NO6. The van der Waals surface area contributed by atoms with Crippen molar-refractivity contribution in [3.63, 3.8) is 0 Å². The van der Waals surface area contributed by atoms with Gasteiger partial charge in [0.05, 0.1) is 18.9 Å². The van der Waals surface area contributed by atoms with Crippen molar-refractivity contribution >= 4 is 11.8 Å². The van der Waals surface area contributed by atoms with Gasteiger partial charge < -0.3 is 9.47 Å². The fourth-order valence-corrected chi connectivity index (χ4v) is 3.69. The van der Waals surface area contributed by atoms with Crippen LogP contribution < -0.4 is 4.74 Å². The Labute approximate surface area is 168 Å². The molecule has 2 aromatic carbocycles. The summed E-state index contributed by atoms with van der Waals surface area (Å²) in [5, 5.41) is 11.9.